The SMILES string of the molecule is C[C@H]1C=C(CCCCCCCC(O)CNCCCNCC(O)CCCCCCCC2=C[C@H](C)OC2=O)C(=O)O1. The van der Waals surface area contributed by atoms with Gasteiger partial charge in [-0.3, -0.25) is 0 Å². The summed E-state index contributed by atoms with van der Waals surface area (Å²) < 4.78 is 10.2. The number of rotatable bonds is 24. The topological polar surface area (TPSA) is 117 Å². The lowest BCUT2D eigenvalue weighted by molar-refractivity contribution is -0.140. The number of aliphatic hydroxyl groups is 2. The van der Waals surface area contributed by atoms with Gasteiger partial charge in [0, 0.05) is 24.2 Å². The zero-order valence-corrected chi connectivity index (χ0v) is 24.4. The maximum atomic E-state index is 11.6. The summed E-state index contributed by atoms with van der Waals surface area (Å²) in [6.07, 6.45) is 18.1. The van der Waals surface area contributed by atoms with Crippen LogP contribution in [-0.4, -0.2) is 72.7 Å². The van der Waals surface area contributed by atoms with Crippen molar-refractivity contribution in [1.82, 2.24) is 10.6 Å². The van der Waals surface area contributed by atoms with E-state index in [9.17, 15) is 19.8 Å². The van der Waals surface area contributed by atoms with Crippen LogP contribution in [0.25, 0.3) is 0 Å². The third-order valence-electron chi connectivity index (χ3n) is 7.42. The molecule has 0 spiro atoms. The van der Waals surface area contributed by atoms with Crippen molar-refractivity contribution >= 4 is 11.9 Å². The lowest BCUT2D eigenvalue weighted by Gasteiger charge is -2.13. The standard InChI is InChI=1S/C31H54N2O6/c1-24-20-26(30(36)38-24)14-9-5-3-7-11-16-28(34)22-32-18-13-19-33-23-29(35)17-12-8-4-6-10-15-27-21-25(2)39-31(27)37/h20-21,24-25,28-29,32-35H,3-19,22-23H2,1-2H3/t24-,25-,28?,29?/m0/s1. The fourth-order valence-corrected chi connectivity index (χ4v) is 5.16. The highest BCUT2D eigenvalue weighted by atomic mass is 16.6. The Bertz CT molecular complexity index is 706. The fourth-order valence-electron chi connectivity index (χ4n) is 5.16. The number of ether oxygens (including phenoxy) is 2. The van der Waals surface area contributed by atoms with E-state index in [4.69, 9.17) is 9.47 Å². The normalized spacial score (nSPS) is 20.5. The van der Waals surface area contributed by atoms with Gasteiger partial charge in [0.15, 0.2) is 0 Å². The first-order valence-electron chi connectivity index (χ1n) is 15.5. The first kappa shape index (κ1) is 33.5. The molecule has 0 fully saturated rings. The van der Waals surface area contributed by atoms with E-state index < -0.39 is 0 Å². The van der Waals surface area contributed by atoms with Gasteiger partial charge in [-0.1, -0.05) is 51.4 Å². The predicted molar refractivity (Wildman–Crippen MR) is 154 cm³/mol. The van der Waals surface area contributed by atoms with Crippen molar-refractivity contribution in [3.63, 3.8) is 0 Å². The van der Waals surface area contributed by atoms with Crippen LogP contribution in [-0.2, 0) is 19.1 Å². The molecule has 0 aromatic rings. The van der Waals surface area contributed by atoms with E-state index in [2.05, 4.69) is 10.6 Å². The maximum Gasteiger partial charge on any atom is 0.334 e. The quantitative estimate of drug-likeness (QED) is 0.103. The first-order chi connectivity index (χ1) is 18.8. The molecule has 2 aliphatic heterocycles. The van der Waals surface area contributed by atoms with E-state index in [1.807, 2.05) is 26.0 Å². The third-order valence-corrected chi connectivity index (χ3v) is 7.42. The van der Waals surface area contributed by atoms with Gasteiger partial charge in [0.1, 0.15) is 12.2 Å². The highest BCUT2D eigenvalue weighted by Gasteiger charge is 2.22. The molecule has 0 saturated heterocycles. The molecule has 8 heteroatoms. The number of hydrogen-bond donors (Lipinski definition) is 4. The second kappa shape index (κ2) is 20.2. The second-order valence-corrected chi connectivity index (χ2v) is 11.3. The van der Waals surface area contributed by atoms with Gasteiger partial charge < -0.3 is 30.3 Å². The Hall–Kier alpha value is -1.74. The molecule has 2 aliphatic rings. The van der Waals surface area contributed by atoms with Crippen molar-refractivity contribution in [1.29, 1.82) is 0 Å². The summed E-state index contributed by atoms with van der Waals surface area (Å²) in [5.74, 6) is -0.305. The number of hydrogen-bond acceptors (Lipinski definition) is 8. The molecule has 0 radical (unpaired) electrons. The molecular weight excluding hydrogens is 496 g/mol. The molecule has 4 N–H and O–H groups in total. The summed E-state index contributed by atoms with van der Waals surface area (Å²) in [6, 6.07) is 0. The zero-order valence-electron chi connectivity index (χ0n) is 24.4. The Labute approximate surface area is 236 Å². The number of carbonyl (C=O) groups excluding carboxylic acids is 2. The molecule has 0 amide bonds. The van der Waals surface area contributed by atoms with Crippen molar-refractivity contribution in [2.75, 3.05) is 26.2 Å². The lowest BCUT2D eigenvalue weighted by Crippen LogP contribution is -2.31. The van der Waals surface area contributed by atoms with E-state index >= 15 is 0 Å². The minimum Gasteiger partial charge on any atom is -0.455 e. The van der Waals surface area contributed by atoms with Crippen molar-refractivity contribution in [3.05, 3.63) is 23.3 Å². The molecule has 2 heterocycles. The van der Waals surface area contributed by atoms with Crippen LogP contribution in [0.15, 0.2) is 23.3 Å². The summed E-state index contributed by atoms with van der Waals surface area (Å²) >= 11 is 0. The van der Waals surface area contributed by atoms with Crippen LogP contribution < -0.4 is 10.6 Å². The van der Waals surface area contributed by atoms with Crippen molar-refractivity contribution in [2.45, 2.75) is 135 Å². The second-order valence-electron chi connectivity index (χ2n) is 11.3. The Balaban J connectivity index is 1.28. The molecule has 2 unspecified atom stereocenters. The van der Waals surface area contributed by atoms with E-state index in [0.29, 0.717) is 13.1 Å². The van der Waals surface area contributed by atoms with E-state index in [1.165, 1.54) is 0 Å². The van der Waals surface area contributed by atoms with Crippen LogP contribution in [0.3, 0.4) is 0 Å². The van der Waals surface area contributed by atoms with E-state index in [1.54, 1.807) is 0 Å². The molecule has 0 aromatic heterocycles. The van der Waals surface area contributed by atoms with Gasteiger partial charge in [-0.25, -0.2) is 9.59 Å². The smallest absolute Gasteiger partial charge is 0.334 e. The van der Waals surface area contributed by atoms with Gasteiger partial charge in [-0.15, -0.1) is 0 Å². The number of carbonyl (C=O) groups is 2. The van der Waals surface area contributed by atoms with Gasteiger partial charge in [0.2, 0.25) is 0 Å². The molecule has 0 bridgehead atoms. The first-order valence-corrected chi connectivity index (χ1v) is 15.5. The number of unbranched alkanes of at least 4 members (excludes halogenated alkanes) is 8. The average molecular weight is 551 g/mol. The number of cyclic esters (lactones) is 2. The van der Waals surface area contributed by atoms with E-state index in [0.717, 1.165) is 121 Å². The Kier molecular flexibility index (Phi) is 17.3. The summed E-state index contributed by atoms with van der Waals surface area (Å²) in [6.45, 7) is 6.73. The van der Waals surface area contributed by atoms with Gasteiger partial charge in [-0.2, -0.15) is 0 Å². The van der Waals surface area contributed by atoms with Crippen LogP contribution in [0.1, 0.15) is 110 Å². The largest absolute Gasteiger partial charge is 0.455 e. The molecule has 8 nitrogen and oxygen atoms in total. The number of esters is 2. The Morgan fingerprint density at radius 3 is 1.41 bits per heavy atom. The monoisotopic (exact) mass is 550 g/mol. The summed E-state index contributed by atoms with van der Waals surface area (Å²) in [4.78, 5) is 23.1. The molecule has 39 heavy (non-hydrogen) atoms. The molecule has 0 aromatic carbocycles. The Morgan fingerprint density at radius 2 is 1.03 bits per heavy atom. The highest BCUT2D eigenvalue weighted by Crippen LogP contribution is 2.21. The van der Waals surface area contributed by atoms with E-state index in [-0.39, 0.29) is 36.4 Å². The minimum absolute atomic E-state index is 0.0743. The Morgan fingerprint density at radius 1 is 0.641 bits per heavy atom. The number of aliphatic hydroxyl groups excluding tert-OH is 2. The number of nitrogens with one attached hydrogen (secondary N) is 2. The summed E-state index contributed by atoms with van der Waals surface area (Å²) in [7, 11) is 0. The summed E-state index contributed by atoms with van der Waals surface area (Å²) in [5, 5.41) is 27.0. The minimum atomic E-state index is -0.306. The fraction of sp³-hybridized carbons (Fsp3) is 0.806. The molecule has 4 atom stereocenters. The molecule has 224 valence electrons. The molecular formula is C31H54N2O6. The van der Waals surface area contributed by atoms with Crippen molar-refractivity contribution in [2.24, 2.45) is 0 Å². The predicted octanol–water partition coefficient (Wildman–Crippen LogP) is 4.48. The summed E-state index contributed by atoms with van der Waals surface area (Å²) in [5.41, 5.74) is 1.65. The van der Waals surface area contributed by atoms with Crippen LogP contribution >= 0.6 is 0 Å². The zero-order chi connectivity index (χ0) is 28.3. The molecule has 2 rings (SSSR count). The van der Waals surface area contributed by atoms with Crippen LogP contribution in [0, 0.1) is 0 Å². The maximum absolute atomic E-state index is 11.6. The van der Waals surface area contributed by atoms with Gasteiger partial charge in [-0.05, 0) is 84.0 Å². The average Bonchev–Trinajstić information content (AvgIpc) is 3.39. The highest BCUT2D eigenvalue weighted by molar-refractivity contribution is 5.91. The van der Waals surface area contributed by atoms with Crippen LogP contribution in [0.2, 0.25) is 0 Å². The lowest BCUT2D eigenvalue weighted by atomic mass is 10.0. The van der Waals surface area contributed by atoms with Gasteiger partial charge in [0.05, 0.1) is 12.2 Å². The van der Waals surface area contributed by atoms with Gasteiger partial charge >= 0.3 is 11.9 Å². The van der Waals surface area contributed by atoms with Crippen LogP contribution in [0.5, 0.6) is 0 Å². The van der Waals surface area contributed by atoms with Crippen molar-refractivity contribution in [3.8, 4) is 0 Å². The third kappa shape index (κ3) is 15.6. The molecule has 0 aliphatic carbocycles. The van der Waals surface area contributed by atoms with Crippen molar-refractivity contribution < 1.29 is 29.3 Å². The molecule has 0 saturated carbocycles. The van der Waals surface area contributed by atoms with Crippen LogP contribution in [0.4, 0.5) is 0 Å². The van der Waals surface area contributed by atoms with Gasteiger partial charge in [0.25, 0.3) is 0 Å².